The summed E-state index contributed by atoms with van der Waals surface area (Å²) in [6.45, 7) is 2.38. The molecule has 1 saturated carbocycles. The summed E-state index contributed by atoms with van der Waals surface area (Å²) in [5, 5.41) is 3.04. The Labute approximate surface area is 209 Å². The second kappa shape index (κ2) is 9.97. The summed E-state index contributed by atoms with van der Waals surface area (Å²) in [5.41, 5.74) is 0.00356. The lowest BCUT2D eigenvalue weighted by atomic mass is 10.1. The molecule has 0 bridgehead atoms. The van der Waals surface area contributed by atoms with Crippen LogP contribution < -0.4 is 21.3 Å². The molecule has 8 nitrogen and oxygen atoms in total. The molecule has 0 aromatic heterocycles. The van der Waals surface area contributed by atoms with E-state index in [0.717, 1.165) is 37.3 Å². The van der Waals surface area contributed by atoms with Gasteiger partial charge in [-0.15, -0.1) is 0 Å². The molecule has 5 rings (SSSR count). The number of nitrogens with one attached hydrogen (secondary N) is 2. The Bertz CT molecular complexity index is 1520. The first-order valence-electron chi connectivity index (χ1n) is 12.2. The van der Waals surface area contributed by atoms with E-state index in [0.29, 0.717) is 16.8 Å². The zero-order valence-electron chi connectivity index (χ0n) is 20.2. The number of nitrogens with zero attached hydrogens (tertiary/aromatic N) is 3. The van der Waals surface area contributed by atoms with E-state index in [4.69, 9.17) is 4.74 Å². The van der Waals surface area contributed by atoms with E-state index in [1.165, 1.54) is 12.1 Å². The van der Waals surface area contributed by atoms with Gasteiger partial charge < -0.3 is 14.6 Å². The van der Waals surface area contributed by atoms with E-state index in [1.54, 1.807) is 10.6 Å². The van der Waals surface area contributed by atoms with Gasteiger partial charge in [0.05, 0.1) is 22.7 Å². The quantitative estimate of drug-likeness (QED) is 0.286. The number of fused-ring (bicyclic) bond motifs is 2. The second-order valence-corrected chi connectivity index (χ2v) is 9.27. The number of rotatable bonds is 7. The van der Waals surface area contributed by atoms with Crippen molar-refractivity contribution in [2.75, 3.05) is 6.54 Å². The molecule has 194 valence electrons. The van der Waals surface area contributed by atoms with Gasteiger partial charge in [-0.25, -0.2) is 9.78 Å². The third-order valence-electron chi connectivity index (χ3n) is 6.65. The standard InChI is InChI=1S/C26H26F3N5O3/c1-15-12-19-20(13-21(15)37-17-7-3-4-8-17)34(23-22(31-19)24(35)33-25(36)32-23)11-10-30-14-16-6-2-5-9-18(16)26(27,28)29/h2,5-6,9,12-13,17,30H,3-4,7-8,10-11,14H2,1H3,(H,33,35,36). The van der Waals surface area contributed by atoms with E-state index in [2.05, 4.69) is 20.3 Å². The molecule has 0 unspecified atom stereocenters. The normalized spacial score (nSPS) is 14.6. The topological polar surface area (TPSA) is 102 Å². The first-order chi connectivity index (χ1) is 17.7. The van der Waals surface area contributed by atoms with Crippen molar-refractivity contribution in [2.24, 2.45) is 0 Å². The summed E-state index contributed by atoms with van der Waals surface area (Å²) in [5.74, 6) is 0.794. The van der Waals surface area contributed by atoms with Gasteiger partial charge in [-0.3, -0.25) is 9.78 Å². The molecule has 2 N–H and O–H groups in total. The van der Waals surface area contributed by atoms with Crippen LogP contribution in [0.1, 0.15) is 42.4 Å². The number of alkyl halides is 3. The monoisotopic (exact) mass is 513 g/mol. The van der Waals surface area contributed by atoms with E-state index >= 15 is 0 Å². The van der Waals surface area contributed by atoms with Gasteiger partial charge in [-0.05, 0) is 55.9 Å². The minimum atomic E-state index is -4.45. The van der Waals surface area contributed by atoms with Crippen LogP contribution in [-0.2, 0) is 19.3 Å². The molecular weight excluding hydrogens is 487 g/mol. The molecule has 0 radical (unpaired) electrons. The summed E-state index contributed by atoms with van der Waals surface area (Å²) in [6, 6.07) is 9.06. The maximum atomic E-state index is 13.3. The second-order valence-electron chi connectivity index (χ2n) is 9.27. The van der Waals surface area contributed by atoms with E-state index in [9.17, 15) is 22.8 Å². The molecule has 37 heavy (non-hydrogen) atoms. The number of halogens is 3. The highest BCUT2D eigenvalue weighted by Gasteiger charge is 2.32. The molecular formula is C26H26F3N5O3. The molecule has 0 spiro atoms. The predicted molar refractivity (Wildman–Crippen MR) is 132 cm³/mol. The maximum absolute atomic E-state index is 13.3. The fourth-order valence-corrected chi connectivity index (χ4v) is 4.83. The van der Waals surface area contributed by atoms with Crippen molar-refractivity contribution >= 4 is 11.0 Å². The van der Waals surface area contributed by atoms with Crippen LogP contribution in [0.3, 0.4) is 0 Å². The zero-order chi connectivity index (χ0) is 26.2. The van der Waals surface area contributed by atoms with Crippen molar-refractivity contribution in [2.45, 2.75) is 58.0 Å². The highest BCUT2D eigenvalue weighted by Crippen LogP contribution is 2.33. The lowest BCUT2D eigenvalue weighted by Crippen LogP contribution is -2.30. The largest absolute Gasteiger partial charge is 0.490 e. The molecule has 1 fully saturated rings. The summed E-state index contributed by atoms with van der Waals surface area (Å²) in [4.78, 5) is 35.1. The highest BCUT2D eigenvalue weighted by molar-refractivity contribution is 5.82. The number of aromatic amines is 1. The molecule has 0 saturated heterocycles. The average Bonchev–Trinajstić information content (AvgIpc) is 3.35. The molecule has 0 atom stereocenters. The summed E-state index contributed by atoms with van der Waals surface area (Å²) in [6.07, 6.45) is -0.131. The molecule has 2 aliphatic heterocycles. The molecule has 3 aliphatic rings. The van der Waals surface area contributed by atoms with Crippen molar-refractivity contribution in [3.05, 3.63) is 73.9 Å². The fourth-order valence-electron chi connectivity index (χ4n) is 4.83. The van der Waals surface area contributed by atoms with Gasteiger partial charge >= 0.3 is 11.9 Å². The van der Waals surface area contributed by atoms with Crippen LogP contribution in [0, 0.1) is 6.92 Å². The first kappa shape index (κ1) is 24.9. The summed E-state index contributed by atoms with van der Waals surface area (Å²) >= 11 is 0. The van der Waals surface area contributed by atoms with Crippen LogP contribution in [0.25, 0.3) is 22.6 Å². The minimum Gasteiger partial charge on any atom is -0.490 e. The number of benzene rings is 2. The molecule has 2 heterocycles. The third-order valence-corrected chi connectivity index (χ3v) is 6.65. The SMILES string of the molecule is Cc1cc2nc3c(=O)[nH]c(=O)nc-3n(CCNCc3ccccc3C(F)(F)F)c2cc1OC1CCCC1. The number of H-pyrrole nitrogens is 1. The molecule has 2 aromatic rings. The van der Waals surface area contributed by atoms with Gasteiger partial charge in [0, 0.05) is 25.7 Å². The van der Waals surface area contributed by atoms with Crippen molar-refractivity contribution < 1.29 is 17.9 Å². The van der Waals surface area contributed by atoms with Crippen LogP contribution in [0.5, 0.6) is 5.75 Å². The maximum Gasteiger partial charge on any atom is 0.416 e. The van der Waals surface area contributed by atoms with Crippen LogP contribution in [0.2, 0.25) is 0 Å². The molecule has 0 amide bonds. The number of ether oxygens (including phenoxy) is 1. The number of hydrogen-bond acceptors (Lipinski definition) is 6. The van der Waals surface area contributed by atoms with E-state index < -0.39 is 23.0 Å². The number of aromatic nitrogens is 4. The predicted octanol–water partition coefficient (Wildman–Crippen LogP) is 4.02. The Balaban J connectivity index is 1.49. The summed E-state index contributed by atoms with van der Waals surface area (Å²) in [7, 11) is 0. The Hall–Kier alpha value is -3.73. The Morgan fingerprint density at radius 1 is 1.14 bits per heavy atom. The van der Waals surface area contributed by atoms with Crippen molar-refractivity contribution in [3.8, 4) is 17.3 Å². The van der Waals surface area contributed by atoms with Crippen molar-refractivity contribution in [1.82, 2.24) is 24.8 Å². The molecule has 2 aromatic carbocycles. The average molecular weight is 514 g/mol. The van der Waals surface area contributed by atoms with Gasteiger partial charge in [0.25, 0.3) is 5.56 Å². The fraction of sp³-hybridized carbons (Fsp3) is 0.385. The lowest BCUT2D eigenvalue weighted by molar-refractivity contribution is -0.138. The van der Waals surface area contributed by atoms with E-state index in [1.807, 2.05) is 19.1 Å². The van der Waals surface area contributed by atoms with Gasteiger partial charge in [0.15, 0.2) is 11.5 Å². The van der Waals surface area contributed by atoms with Crippen molar-refractivity contribution in [1.29, 1.82) is 0 Å². The Morgan fingerprint density at radius 3 is 2.65 bits per heavy atom. The van der Waals surface area contributed by atoms with Gasteiger partial charge in [-0.2, -0.15) is 18.2 Å². The summed E-state index contributed by atoms with van der Waals surface area (Å²) < 4.78 is 48.0. The Kier molecular flexibility index (Phi) is 6.72. The number of aryl methyl sites for hydroxylation is 1. The minimum absolute atomic E-state index is 0.00679. The van der Waals surface area contributed by atoms with Crippen LogP contribution in [0.4, 0.5) is 13.2 Å². The highest BCUT2D eigenvalue weighted by atomic mass is 19.4. The van der Waals surface area contributed by atoms with Gasteiger partial charge in [-0.1, -0.05) is 18.2 Å². The van der Waals surface area contributed by atoms with Crippen LogP contribution >= 0.6 is 0 Å². The lowest BCUT2D eigenvalue weighted by Gasteiger charge is -2.20. The third kappa shape index (κ3) is 5.22. The zero-order valence-corrected chi connectivity index (χ0v) is 20.2. The van der Waals surface area contributed by atoms with Crippen LogP contribution in [0.15, 0.2) is 46.0 Å². The van der Waals surface area contributed by atoms with Crippen molar-refractivity contribution in [3.63, 3.8) is 0 Å². The molecule has 11 heteroatoms. The van der Waals surface area contributed by atoms with E-state index in [-0.39, 0.29) is 42.8 Å². The number of hydrogen-bond donors (Lipinski definition) is 2. The van der Waals surface area contributed by atoms with Gasteiger partial charge in [0.2, 0.25) is 0 Å². The Morgan fingerprint density at radius 2 is 1.89 bits per heavy atom. The first-order valence-corrected chi connectivity index (χ1v) is 12.2. The van der Waals surface area contributed by atoms with Crippen LogP contribution in [-0.4, -0.2) is 32.2 Å². The molecule has 1 aliphatic carbocycles. The van der Waals surface area contributed by atoms with Gasteiger partial charge in [0.1, 0.15) is 5.75 Å². The smallest absolute Gasteiger partial charge is 0.416 e.